The molecule has 1 aliphatic heterocycles. The van der Waals surface area contributed by atoms with Crippen molar-refractivity contribution < 1.29 is 4.43 Å². The Balaban J connectivity index is 3.00. The fourth-order valence-corrected chi connectivity index (χ4v) is 12.1. The van der Waals surface area contributed by atoms with E-state index in [1.807, 2.05) is 0 Å². The Kier molecular flexibility index (Phi) is 4.35. The van der Waals surface area contributed by atoms with Gasteiger partial charge in [0.1, 0.15) is 7.59 Å². The average molecular weight is 226 g/mol. The van der Waals surface area contributed by atoms with Gasteiger partial charge in [-0.15, -0.1) is 0 Å². The summed E-state index contributed by atoms with van der Waals surface area (Å²) in [4.78, 5) is 0. The molecule has 0 radical (unpaired) electrons. The molecule has 3 heteroatoms. The van der Waals surface area contributed by atoms with Crippen molar-refractivity contribution in [3.05, 3.63) is 22.5 Å². The van der Waals surface area contributed by atoms with Crippen LogP contribution in [0.5, 0.6) is 0 Å². The van der Waals surface area contributed by atoms with Crippen LogP contribution in [-0.2, 0) is 4.43 Å². The van der Waals surface area contributed by atoms with E-state index >= 15 is 0 Å². The van der Waals surface area contributed by atoms with E-state index in [1.54, 1.807) is 10.4 Å². The zero-order valence-corrected chi connectivity index (χ0v) is 12.3. The van der Waals surface area contributed by atoms with E-state index in [1.165, 1.54) is 12.5 Å². The van der Waals surface area contributed by atoms with Crippen molar-refractivity contribution in [1.29, 1.82) is 0 Å². The van der Waals surface area contributed by atoms with Crippen molar-refractivity contribution in [1.82, 2.24) is 0 Å². The highest BCUT2D eigenvalue weighted by Gasteiger charge is 2.38. The van der Waals surface area contributed by atoms with Gasteiger partial charge in [-0.1, -0.05) is 22.5 Å². The van der Waals surface area contributed by atoms with Crippen LogP contribution in [0.15, 0.2) is 22.5 Å². The summed E-state index contributed by atoms with van der Waals surface area (Å²) in [6.07, 6.45) is 5.91. The molecule has 0 bridgehead atoms. The van der Waals surface area contributed by atoms with Gasteiger partial charge in [-0.25, -0.2) is 0 Å². The molecule has 0 aromatic heterocycles. The van der Waals surface area contributed by atoms with Crippen molar-refractivity contribution >= 4 is 16.9 Å². The van der Waals surface area contributed by atoms with Crippen molar-refractivity contribution in [3.8, 4) is 0 Å². The van der Waals surface area contributed by atoms with Crippen LogP contribution in [0.4, 0.5) is 0 Å². The second-order valence-corrected chi connectivity index (χ2v) is 13.6. The molecule has 1 nitrogen and oxygen atoms in total. The monoisotopic (exact) mass is 226 g/mol. The molecule has 14 heavy (non-hydrogen) atoms. The third-order valence-corrected chi connectivity index (χ3v) is 15.9. The predicted octanol–water partition coefficient (Wildman–Crippen LogP) is 2.45. The van der Waals surface area contributed by atoms with E-state index in [0.29, 0.717) is 0 Å². The maximum Gasteiger partial charge on any atom is 0.160 e. The van der Waals surface area contributed by atoms with Crippen LogP contribution >= 0.6 is 0 Å². The second-order valence-electron chi connectivity index (χ2n) is 4.18. The lowest BCUT2D eigenvalue weighted by molar-refractivity contribution is 0.334. The first-order chi connectivity index (χ1) is 6.67. The molecule has 1 rings (SSSR count). The minimum Gasteiger partial charge on any atom is -0.426 e. The molecular formula is C11H22OSi2. The fraction of sp³-hybridized carbons (Fsp3) is 0.636. The number of allylic oxidation sites excluding steroid dienone is 4. The van der Waals surface area contributed by atoms with E-state index in [-0.39, 0.29) is 9.28 Å². The molecule has 1 heterocycles. The lowest BCUT2D eigenvalue weighted by atomic mass is 10.5. The van der Waals surface area contributed by atoms with Gasteiger partial charge in [-0.2, -0.15) is 0 Å². The molecule has 0 saturated carbocycles. The van der Waals surface area contributed by atoms with E-state index in [9.17, 15) is 0 Å². The second kappa shape index (κ2) is 5.10. The summed E-state index contributed by atoms with van der Waals surface area (Å²) in [5, 5.41) is 3.30. The highest BCUT2D eigenvalue weighted by molar-refractivity contribution is 7.30. The molecule has 1 fully saturated rings. The summed E-state index contributed by atoms with van der Waals surface area (Å²) in [5.41, 5.74) is 0. The first kappa shape index (κ1) is 11.9. The molecule has 0 aromatic rings. The Morgan fingerprint density at radius 2 is 1.79 bits per heavy atom. The molecule has 0 aliphatic carbocycles. The zero-order valence-electron chi connectivity index (χ0n) is 9.89. The Bertz CT molecular complexity index is 230. The first-order valence-corrected chi connectivity index (χ1v) is 10.6. The van der Waals surface area contributed by atoms with Crippen LogP contribution < -0.4 is 0 Å². The van der Waals surface area contributed by atoms with Gasteiger partial charge in [-0.05, 0) is 40.2 Å². The summed E-state index contributed by atoms with van der Waals surface area (Å²) in [5.74, 6) is 0. The standard InChI is InChI=1S/C11H22OSi2/c1-5-10(3)14(11(4)6-2)9-7-8-12-13-14/h5-6H,7-9,13H2,1-4H3. The van der Waals surface area contributed by atoms with Crippen molar-refractivity contribution in [3.63, 3.8) is 0 Å². The van der Waals surface area contributed by atoms with Gasteiger partial charge in [0.25, 0.3) is 0 Å². The minimum atomic E-state index is -1.25. The molecule has 0 unspecified atom stereocenters. The third-order valence-electron chi connectivity index (χ3n) is 3.62. The smallest absolute Gasteiger partial charge is 0.160 e. The van der Waals surface area contributed by atoms with Crippen LogP contribution in [-0.4, -0.2) is 23.5 Å². The third kappa shape index (κ3) is 2.10. The molecule has 0 aromatic carbocycles. The van der Waals surface area contributed by atoms with E-state index < -0.39 is 7.59 Å². The lowest BCUT2D eigenvalue weighted by Gasteiger charge is -2.36. The summed E-state index contributed by atoms with van der Waals surface area (Å²) >= 11 is 0. The molecule has 0 spiro atoms. The molecular weight excluding hydrogens is 204 g/mol. The van der Waals surface area contributed by atoms with E-state index in [2.05, 4.69) is 39.8 Å². The number of hydrogen-bond acceptors (Lipinski definition) is 1. The van der Waals surface area contributed by atoms with Crippen LogP contribution in [0.1, 0.15) is 34.1 Å². The molecule has 0 N–H and O–H groups in total. The number of hydrogen-bond donors (Lipinski definition) is 0. The normalized spacial score (nSPS) is 32.3. The Hall–Kier alpha value is -0.126. The van der Waals surface area contributed by atoms with Crippen LogP contribution in [0.25, 0.3) is 0 Å². The lowest BCUT2D eigenvalue weighted by Crippen LogP contribution is -2.49. The van der Waals surface area contributed by atoms with Gasteiger partial charge < -0.3 is 4.43 Å². The van der Waals surface area contributed by atoms with Gasteiger partial charge in [0, 0.05) is 6.61 Å². The molecule has 1 aliphatic rings. The highest BCUT2D eigenvalue weighted by Crippen LogP contribution is 2.30. The summed E-state index contributed by atoms with van der Waals surface area (Å²) in [6.45, 7) is 10.0. The minimum absolute atomic E-state index is 0.299. The van der Waals surface area contributed by atoms with Gasteiger partial charge >= 0.3 is 0 Å². The summed E-state index contributed by atoms with van der Waals surface area (Å²) in [7, 11) is -1.55. The Morgan fingerprint density at radius 3 is 2.14 bits per heavy atom. The van der Waals surface area contributed by atoms with Crippen LogP contribution in [0, 0.1) is 0 Å². The maximum absolute atomic E-state index is 5.85. The quantitative estimate of drug-likeness (QED) is 0.657. The summed E-state index contributed by atoms with van der Waals surface area (Å²) < 4.78 is 5.85. The van der Waals surface area contributed by atoms with Gasteiger partial charge in [-0.3, -0.25) is 0 Å². The van der Waals surface area contributed by atoms with Gasteiger partial charge in [0.15, 0.2) is 9.28 Å². The van der Waals surface area contributed by atoms with Crippen molar-refractivity contribution in [2.45, 2.75) is 40.2 Å². The zero-order chi connectivity index (χ0) is 10.6. The van der Waals surface area contributed by atoms with Crippen LogP contribution in [0.3, 0.4) is 0 Å². The van der Waals surface area contributed by atoms with E-state index in [0.717, 1.165) is 6.61 Å². The summed E-state index contributed by atoms with van der Waals surface area (Å²) in [6, 6.07) is 1.44. The fourth-order valence-electron chi connectivity index (χ4n) is 2.28. The van der Waals surface area contributed by atoms with Crippen molar-refractivity contribution in [2.75, 3.05) is 6.61 Å². The largest absolute Gasteiger partial charge is 0.426 e. The molecule has 1 saturated heterocycles. The Morgan fingerprint density at radius 1 is 1.21 bits per heavy atom. The Labute approximate surface area is 91.0 Å². The number of rotatable bonds is 2. The average Bonchev–Trinajstić information content (AvgIpc) is 2.27. The van der Waals surface area contributed by atoms with Crippen LogP contribution in [0.2, 0.25) is 6.04 Å². The van der Waals surface area contributed by atoms with Crippen molar-refractivity contribution in [2.24, 2.45) is 0 Å². The highest BCUT2D eigenvalue weighted by atomic mass is 29.2. The van der Waals surface area contributed by atoms with Gasteiger partial charge in [0.2, 0.25) is 0 Å². The maximum atomic E-state index is 5.85. The topological polar surface area (TPSA) is 9.23 Å². The molecule has 0 amide bonds. The first-order valence-electron chi connectivity index (χ1n) is 5.52. The molecule has 80 valence electrons. The SMILES string of the molecule is CC=C(C)[Si]1(C(C)=CC)CCCO[SiH2]1. The molecule has 0 atom stereocenters. The van der Waals surface area contributed by atoms with Gasteiger partial charge in [0.05, 0.1) is 0 Å². The predicted molar refractivity (Wildman–Crippen MR) is 68.5 cm³/mol. The van der Waals surface area contributed by atoms with E-state index in [4.69, 9.17) is 4.43 Å².